The van der Waals surface area contributed by atoms with E-state index in [1.165, 1.54) is 17.7 Å². The fourth-order valence-electron chi connectivity index (χ4n) is 2.13. The van der Waals surface area contributed by atoms with Gasteiger partial charge < -0.3 is 11.1 Å². The van der Waals surface area contributed by atoms with Crippen LogP contribution in [0.15, 0.2) is 23.6 Å². The number of rotatable bonds is 5. The Balaban J connectivity index is 1.81. The lowest BCUT2D eigenvalue weighted by Gasteiger charge is -2.16. The minimum Gasteiger partial charge on any atom is -0.384 e. The van der Waals surface area contributed by atoms with Crippen molar-refractivity contribution >= 4 is 23.0 Å². The van der Waals surface area contributed by atoms with Gasteiger partial charge in [-0.25, -0.2) is 9.97 Å². The van der Waals surface area contributed by atoms with Gasteiger partial charge in [-0.05, 0) is 30.7 Å². The van der Waals surface area contributed by atoms with Gasteiger partial charge in [0, 0.05) is 16.9 Å². The van der Waals surface area contributed by atoms with Gasteiger partial charge in [0.05, 0.1) is 6.04 Å². The Morgan fingerprint density at radius 1 is 1.47 bits per heavy atom. The van der Waals surface area contributed by atoms with Crippen LogP contribution in [0.5, 0.6) is 0 Å². The molecular formula is C14H18N4S. The number of nitrogens with zero attached hydrogens (tertiary/aromatic N) is 2. The van der Waals surface area contributed by atoms with Crippen molar-refractivity contribution in [3.63, 3.8) is 0 Å². The highest BCUT2D eigenvalue weighted by Crippen LogP contribution is 2.39. The minimum atomic E-state index is 0.293. The number of nitrogens with one attached hydrogen (secondary N) is 1. The maximum absolute atomic E-state index is 5.87. The normalized spacial score (nSPS) is 16.3. The van der Waals surface area contributed by atoms with Crippen molar-refractivity contribution in [1.29, 1.82) is 0 Å². The molecule has 0 bridgehead atoms. The number of hydrogen-bond acceptors (Lipinski definition) is 5. The molecule has 0 saturated heterocycles. The number of hydrogen-bond donors (Lipinski definition) is 2. The summed E-state index contributed by atoms with van der Waals surface area (Å²) in [5.74, 6) is 2.81. The average molecular weight is 274 g/mol. The van der Waals surface area contributed by atoms with Crippen molar-refractivity contribution in [1.82, 2.24) is 9.97 Å². The standard InChI is InChI=1S/C14H18N4S/c1-2-10(11-4-3-7-19-11)16-13-8-12(15)17-14(18-13)9-5-6-9/h3-4,7-10H,2,5-6H2,1H3,(H3,15,16,17,18). The van der Waals surface area contributed by atoms with Crippen molar-refractivity contribution in [2.45, 2.75) is 38.1 Å². The largest absolute Gasteiger partial charge is 0.384 e. The third-order valence-electron chi connectivity index (χ3n) is 3.32. The molecule has 3 rings (SSSR count). The van der Waals surface area contributed by atoms with E-state index in [4.69, 9.17) is 5.73 Å². The van der Waals surface area contributed by atoms with Crippen molar-refractivity contribution in [2.24, 2.45) is 0 Å². The maximum Gasteiger partial charge on any atom is 0.136 e. The molecule has 1 fully saturated rings. The summed E-state index contributed by atoms with van der Waals surface area (Å²) < 4.78 is 0. The Morgan fingerprint density at radius 2 is 2.32 bits per heavy atom. The molecule has 1 aliphatic rings. The summed E-state index contributed by atoms with van der Waals surface area (Å²) >= 11 is 1.76. The molecule has 5 heteroatoms. The highest BCUT2D eigenvalue weighted by Gasteiger charge is 2.27. The Bertz CT molecular complexity index is 549. The molecule has 0 aliphatic heterocycles. The molecule has 2 aromatic heterocycles. The van der Waals surface area contributed by atoms with Crippen LogP contribution < -0.4 is 11.1 Å². The average Bonchev–Trinajstić information content (AvgIpc) is 3.11. The summed E-state index contributed by atoms with van der Waals surface area (Å²) in [6.07, 6.45) is 3.39. The second-order valence-corrected chi connectivity index (χ2v) is 5.91. The smallest absolute Gasteiger partial charge is 0.136 e. The molecule has 1 unspecified atom stereocenters. The van der Waals surface area contributed by atoms with Crippen LogP contribution in [0.2, 0.25) is 0 Å². The summed E-state index contributed by atoms with van der Waals surface area (Å²) in [5, 5.41) is 5.58. The van der Waals surface area contributed by atoms with Crippen LogP contribution in [0.3, 0.4) is 0 Å². The summed E-state index contributed by atoms with van der Waals surface area (Å²) in [7, 11) is 0. The van der Waals surface area contributed by atoms with E-state index >= 15 is 0 Å². The Labute approximate surface area is 117 Å². The quantitative estimate of drug-likeness (QED) is 0.875. The highest BCUT2D eigenvalue weighted by molar-refractivity contribution is 7.10. The van der Waals surface area contributed by atoms with E-state index in [9.17, 15) is 0 Å². The van der Waals surface area contributed by atoms with Gasteiger partial charge in [0.25, 0.3) is 0 Å². The van der Waals surface area contributed by atoms with Crippen LogP contribution >= 0.6 is 11.3 Å². The third-order valence-corrected chi connectivity index (χ3v) is 4.31. The van der Waals surface area contributed by atoms with Gasteiger partial charge in [0.1, 0.15) is 17.5 Å². The zero-order valence-corrected chi connectivity index (χ0v) is 11.8. The highest BCUT2D eigenvalue weighted by atomic mass is 32.1. The molecule has 1 saturated carbocycles. The Hall–Kier alpha value is -1.62. The van der Waals surface area contributed by atoms with Gasteiger partial charge in [-0.3, -0.25) is 0 Å². The summed E-state index contributed by atoms with van der Waals surface area (Å²) in [6, 6.07) is 6.34. The monoisotopic (exact) mass is 274 g/mol. The van der Waals surface area contributed by atoms with E-state index in [2.05, 4.69) is 39.7 Å². The van der Waals surface area contributed by atoms with Crippen molar-refractivity contribution in [3.05, 3.63) is 34.3 Å². The zero-order valence-electron chi connectivity index (χ0n) is 11.0. The number of anilines is 2. The fourth-order valence-corrected chi connectivity index (χ4v) is 2.99. The number of nitrogen functional groups attached to an aromatic ring is 1. The minimum absolute atomic E-state index is 0.293. The van der Waals surface area contributed by atoms with E-state index in [0.29, 0.717) is 17.8 Å². The van der Waals surface area contributed by atoms with E-state index in [1.54, 1.807) is 11.3 Å². The first kappa shape index (κ1) is 12.4. The summed E-state index contributed by atoms with van der Waals surface area (Å²) in [6.45, 7) is 2.17. The van der Waals surface area contributed by atoms with Gasteiger partial charge >= 0.3 is 0 Å². The molecule has 1 aliphatic carbocycles. The number of thiophene rings is 1. The predicted octanol–water partition coefficient (Wildman–Crippen LogP) is 3.56. The first-order valence-corrected chi connectivity index (χ1v) is 7.58. The second kappa shape index (κ2) is 5.17. The molecule has 2 aromatic rings. The summed E-state index contributed by atoms with van der Waals surface area (Å²) in [5.41, 5.74) is 5.87. The van der Waals surface area contributed by atoms with Gasteiger partial charge in [0.2, 0.25) is 0 Å². The lowest BCUT2D eigenvalue weighted by Crippen LogP contribution is -2.11. The summed E-state index contributed by atoms with van der Waals surface area (Å²) in [4.78, 5) is 10.2. The first-order valence-electron chi connectivity index (χ1n) is 6.70. The van der Waals surface area contributed by atoms with Crippen molar-refractivity contribution < 1.29 is 0 Å². The Morgan fingerprint density at radius 3 is 2.95 bits per heavy atom. The van der Waals surface area contributed by atoms with Gasteiger partial charge in [-0.2, -0.15) is 0 Å². The van der Waals surface area contributed by atoms with Gasteiger partial charge in [-0.15, -0.1) is 11.3 Å². The molecular weight excluding hydrogens is 256 g/mol. The second-order valence-electron chi connectivity index (χ2n) is 4.93. The number of aromatic nitrogens is 2. The van der Waals surface area contributed by atoms with Crippen LogP contribution in [0.4, 0.5) is 11.6 Å². The molecule has 3 N–H and O–H groups in total. The van der Waals surface area contributed by atoms with Crippen LogP contribution in [0.1, 0.15) is 48.8 Å². The van der Waals surface area contributed by atoms with Crippen LogP contribution in [-0.2, 0) is 0 Å². The van der Waals surface area contributed by atoms with Gasteiger partial charge in [0.15, 0.2) is 0 Å². The molecule has 2 heterocycles. The lowest BCUT2D eigenvalue weighted by molar-refractivity contribution is 0.755. The molecule has 19 heavy (non-hydrogen) atoms. The van der Waals surface area contributed by atoms with E-state index in [1.807, 2.05) is 6.07 Å². The van der Waals surface area contributed by atoms with Crippen molar-refractivity contribution in [2.75, 3.05) is 11.1 Å². The molecule has 0 spiro atoms. The van der Waals surface area contributed by atoms with Crippen LogP contribution in [0, 0.1) is 0 Å². The molecule has 0 radical (unpaired) electrons. The SMILES string of the molecule is CCC(Nc1cc(N)nc(C2CC2)n1)c1cccs1. The lowest BCUT2D eigenvalue weighted by atomic mass is 10.2. The van der Waals surface area contributed by atoms with Crippen LogP contribution in [-0.4, -0.2) is 9.97 Å². The topological polar surface area (TPSA) is 63.8 Å². The maximum atomic E-state index is 5.87. The van der Waals surface area contributed by atoms with E-state index < -0.39 is 0 Å². The fraction of sp³-hybridized carbons (Fsp3) is 0.429. The molecule has 0 aromatic carbocycles. The molecule has 1 atom stereocenters. The zero-order chi connectivity index (χ0) is 13.2. The van der Waals surface area contributed by atoms with E-state index in [-0.39, 0.29) is 0 Å². The molecule has 100 valence electrons. The first-order chi connectivity index (χ1) is 9.26. The van der Waals surface area contributed by atoms with E-state index in [0.717, 1.165) is 18.1 Å². The molecule has 4 nitrogen and oxygen atoms in total. The predicted molar refractivity (Wildman–Crippen MR) is 79.4 cm³/mol. The molecule has 0 amide bonds. The third kappa shape index (κ3) is 2.87. The van der Waals surface area contributed by atoms with Crippen molar-refractivity contribution in [3.8, 4) is 0 Å². The number of nitrogens with two attached hydrogens (primary N) is 1. The Kier molecular flexibility index (Phi) is 3.38. The van der Waals surface area contributed by atoms with Crippen LogP contribution in [0.25, 0.3) is 0 Å². The van der Waals surface area contributed by atoms with Gasteiger partial charge in [-0.1, -0.05) is 13.0 Å².